The van der Waals surface area contributed by atoms with E-state index in [0.717, 1.165) is 12.8 Å². The van der Waals surface area contributed by atoms with Crippen LogP contribution in [0.15, 0.2) is 0 Å². The first-order valence-corrected chi connectivity index (χ1v) is 6.49. The van der Waals surface area contributed by atoms with Crippen molar-refractivity contribution in [1.29, 1.82) is 0 Å². The lowest BCUT2D eigenvalue weighted by Gasteiger charge is -2.43. The Labute approximate surface area is 108 Å². The van der Waals surface area contributed by atoms with E-state index < -0.39 is 0 Å². The van der Waals surface area contributed by atoms with Crippen LogP contribution in [0.2, 0.25) is 0 Å². The average Bonchev–Trinajstić information content (AvgIpc) is 2.24. The molecule has 1 heterocycles. The van der Waals surface area contributed by atoms with E-state index in [2.05, 4.69) is 0 Å². The van der Waals surface area contributed by atoms with Gasteiger partial charge in [0.2, 0.25) is 5.91 Å². The molecule has 0 spiro atoms. The molecule has 17 heavy (non-hydrogen) atoms. The molecule has 0 aromatic carbocycles. The van der Waals surface area contributed by atoms with E-state index in [0.29, 0.717) is 24.7 Å². The summed E-state index contributed by atoms with van der Waals surface area (Å²) in [5.74, 6) is -0.278. The van der Waals surface area contributed by atoms with Crippen LogP contribution in [0.1, 0.15) is 33.6 Å². The number of nitrogens with zero attached hydrogens (tertiary/aromatic N) is 1. The van der Waals surface area contributed by atoms with Gasteiger partial charge in [0.15, 0.2) is 0 Å². The van der Waals surface area contributed by atoms with Gasteiger partial charge in [-0.05, 0) is 20.3 Å². The molecule has 0 aromatic rings. The monoisotopic (exact) mass is 258 g/mol. The summed E-state index contributed by atoms with van der Waals surface area (Å²) >= 11 is 5.00. The fraction of sp³-hybridized carbons (Fsp3) is 0.833. The Kier molecular flexibility index (Phi) is 4.89. The predicted octanol–water partition coefficient (Wildman–Crippen LogP) is 1.33. The number of hydrogen-bond donors (Lipinski definition) is 1. The molecular formula is C12H22N2O2S. The van der Waals surface area contributed by atoms with Crippen LogP contribution in [0, 0.1) is 5.92 Å². The smallest absolute Gasteiger partial charge is 0.233 e. The first-order chi connectivity index (χ1) is 7.90. The SMILES string of the molecule is CCCC(C(=O)N1CCOCC1(C)C)C(N)=S. The fourth-order valence-corrected chi connectivity index (χ4v) is 2.35. The minimum atomic E-state index is -0.327. The van der Waals surface area contributed by atoms with Gasteiger partial charge in [0.25, 0.3) is 0 Å². The second kappa shape index (κ2) is 5.78. The lowest BCUT2D eigenvalue weighted by atomic mass is 9.96. The first-order valence-electron chi connectivity index (χ1n) is 6.08. The summed E-state index contributed by atoms with van der Waals surface area (Å²) in [4.78, 5) is 14.6. The van der Waals surface area contributed by atoms with Crippen LogP contribution < -0.4 is 5.73 Å². The molecule has 5 heteroatoms. The Morgan fingerprint density at radius 3 is 2.71 bits per heavy atom. The summed E-state index contributed by atoms with van der Waals surface area (Å²) in [6.45, 7) is 7.82. The number of carbonyl (C=O) groups excluding carboxylic acids is 1. The maximum absolute atomic E-state index is 12.4. The molecule has 1 rings (SSSR count). The Morgan fingerprint density at radius 2 is 2.24 bits per heavy atom. The predicted molar refractivity (Wildman–Crippen MR) is 71.8 cm³/mol. The van der Waals surface area contributed by atoms with Crippen LogP contribution in [-0.2, 0) is 9.53 Å². The zero-order chi connectivity index (χ0) is 13.1. The van der Waals surface area contributed by atoms with Gasteiger partial charge in [-0.15, -0.1) is 0 Å². The van der Waals surface area contributed by atoms with Crippen molar-refractivity contribution in [3.8, 4) is 0 Å². The Hall–Kier alpha value is -0.680. The summed E-state index contributed by atoms with van der Waals surface area (Å²) in [6, 6.07) is 0. The van der Waals surface area contributed by atoms with Gasteiger partial charge in [-0.25, -0.2) is 0 Å². The van der Waals surface area contributed by atoms with Gasteiger partial charge < -0.3 is 15.4 Å². The third kappa shape index (κ3) is 3.39. The molecule has 1 unspecified atom stereocenters. The van der Waals surface area contributed by atoms with Crippen molar-refractivity contribution in [2.24, 2.45) is 11.7 Å². The number of carbonyl (C=O) groups is 1. The van der Waals surface area contributed by atoms with Crippen LogP contribution in [0.25, 0.3) is 0 Å². The second-order valence-corrected chi connectivity index (χ2v) is 5.57. The zero-order valence-electron chi connectivity index (χ0n) is 10.9. The van der Waals surface area contributed by atoms with Gasteiger partial charge in [-0.1, -0.05) is 25.6 Å². The maximum atomic E-state index is 12.4. The standard InChI is InChI=1S/C12H22N2O2S/c1-4-5-9(10(13)17)11(15)14-6-7-16-8-12(14,2)3/h9H,4-8H2,1-3H3,(H2,13,17). The molecule has 98 valence electrons. The lowest BCUT2D eigenvalue weighted by molar-refractivity contribution is -0.148. The third-order valence-corrected chi connectivity index (χ3v) is 3.41. The van der Waals surface area contributed by atoms with Gasteiger partial charge in [0, 0.05) is 6.54 Å². The molecule has 1 atom stereocenters. The molecule has 1 fully saturated rings. The Bertz CT molecular complexity index is 305. The van der Waals surface area contributed by atoms with E-state index in [1.165, 1.54) is 0 Å². The Morgan fingerprint density at radius 1 is 1.59 bits per heavy atom. The van der Waals surface area contributed by atoms with E-state index in [4.69, 9.17) is 22.7 Å². The van der Waals surface area contributed by atoms with Crippen molar-refractivity contribution in [2.45, 2.75) is 39.2 Å². The van der Waals surface area contributed by atoms with E-state index >= 15 is 0 Å². The van der Waals surface area contributed by atoms with Crippen molar-refractivity contribution >= 4 is 23.1 Å². The van der Waals surface area contributed by atoms with E-state index in [9.17, 15) is 4.79 Å². The summed E-state index contributed by atoms with van der Waals surface area (Å²) < 4.78 is 5.41. The highest BCUT2D eigenvalue weighted by Gasteiger charge is 2.37. The summed E-state index contributed by atoms with van der Waals surface area (Å²) in [7, 11) is 0. The molecule has 1 saturated heterocycles. The van der Waals surface area contributed by atoms with E-state index in [1.54, 1.807) is 0 Å². The van der Waals surface area contributed by atoms with Crippen molar-refractivity contribution in [2.75, 3.05) is 19.8 Å². The highest BCUT2D eigenvalue weighted by atomic mass is 32.1. The molecule has 2 N–H and O–H groups in total. The van der Waals surface area contributed by atoms with Gasteiger partial charge in [0.1, 0.15) is 0 Å². The lowest BCUT2D eigenvalue weighted by Crippen LogP contribution is -2.58. The van der Waals surface area contributed by atoms with Crippen LogP contribution in [0.3, 0.4) is 0 Å². The van der Waals surface area contributed by atoms with Gasteiger partial charge in [-0.2, -0.15) is 0 Å². The molecule has 1 amide bonds. The van der Waals surface area contributed by atoms with E-state index in [1.807, 2.05) is 25.7 Å². The van der Waals surface area contributed by atoms with Gasteiger partial charge >= 0.3 is 0 Å². The third-order valence-electron chi connectivity index (χ3n) is 3.13. The molecule has 0 aromatic heterocycles. The number of hydrogen-bond acceptors (Lipinski definition) is 3. The van der Waals surface area contributed by atoms with Crippen LogP contribution >= 0.6 is 12.2 Å². The van der Waals surface area contributed by atoms with Crippen LogP contribution in [0.5, 0.6) is 0 Å². The van der Waals surface area contributed by atoms with Gasteiger partial charge in [-0.3, -0.25) is 4.79 Å². The molecular weight excluding hydrogens is 236 g/mol. The second-order valence-electron chi connectivity index (χ2n) is 5.10. The number of thiocarbonyl (C=S) groups is 1. The number of morpholine rings is 1. The van der Waals surface area contributed by atoms with Crippen LogP contribution in [0.4, 0.5) is 0 Å². The molecule has 0 saturated carbocycles. The van der Waals surface area contributed by atoms with Crippen LogP contribution in [-0.4, -0.2) is 41.1 Å². The van der Waals surface area contributed by atoms with Crippen molar-refractivity contribution in [3.05, 3.63) is 0 Å². The summed E-state index contributed by atoms with van der Waals surface area (Å²) in [5, 5.41) is 0. The van der Waals surface area contributed by atoms with Crippen molar-refractivity contribution in [3.63, 3.8) is 0 Å². The summed E-state index contributed by atoms with van der Waals surface area (Å²) in [6.07, 6.45) is 1.63. The fourth-order valence-electron chi connectivity index (χ4n) is 2.13. The molecule has 4 nitrogen and oxygen atoms in total. The molecule has 0 bridgehead atoms. The van der Waals surface area contributed by atoms with Crippen molar-refractivity contribution < 1.29 is 9.53 Å². The number of nitrogens with two attached hydrogens (primary N) is 1. The van der Waals surface area contributed by atoms with Gasteiger partial charge in [0.05, 0.1) is 29.7 Å². The average molecular weight is 258 g/mol. The van der Waals surface area contributed by atoms with Crippen molar-refractivity contribution in [1.82, 2.24) is 4.90 Å². The number of amides is 1. The molecule has 0 radical (unpaired) electrons. The molecule has 0 aliphatic carbocycles. The number of ether oxygens (including phenoxy) is 1. The number of rotatable bonds is 4. The Balaban J connectivity index is 2.81. The quantitative estimate of drug-likeness (QED) is 0.773. The highest BCUT2D eigenvalue weighted by Crippen LogP contribution is 2.23. The highest BCUT2D eigenvalue weighted by molar-refractivity contribution is 7.80. The normalized spacial score (nSPS) is 21.0. The minimum Gasteiger partial charge on any atom is -0.393 e. The summed E-state index contributed by atoms with van der Waals surface area (Å²) in [5.41, 5.74) is 5.40. The minimum absolute atomic E-state index is 0.0488. The topological polar surface area (TPSA) is 55.6 Å². The first kappa shape index (κ1) is 14.4. The largest absolute Gasteiger partial charge is 0.393 e. The van der Waals surface area contributed by atoms with E-state index in [-0.39, 0.29) is 17.4 Å². The zero-order valence-corrected chi connectivity index (χ0v) is 11.7. The maximum Gasteiger partial charge on any atom is 0.233 e. The molecule has 1 aliphatic heterocycles. The molecule has 1 aliphatic rings.